The molecule has 7 heteroatoms. The lowest BCUT2D eigenvalue weighted by Crippen LogP contribution is -2.48. The lowest BCUT2D eigenvalue weighted by molar-refractivity contribution is -0.126. The number of allylic oxidation sites excluding steroid dienone is 1. The van der Waals surface area contributed by atoms with Crippen molar-refractivity contribution in [1.29, 1.82) is 0 Å². The Labute approximate surface area is 181 Å². The minimum absolute atomic E-state index is 0.122. The van der Waals surface area contributed by atoms with E-state index >= 15 is 0 Å². The molecule has 0 N–H and O–H groups in total. The highest BCUT2D eigenvalue weighted by atomic mass is 16.5. The predicted octanol–water partition coefficient (Wildman–Crippen LogP) is 3.10. The summed E-state index contributed by atoms with van der Waals surface area (Å²) in [6.07, 6.45) is 6.30. The first-order valence-corrected chi connectivity index (χ1v) is 10.2. The van der Waals surface area contributed by atoms with Gasteiger partial charge in [0.2, 0.25) is 11.8 Å². The molecule has 0 aliphatic carbocycles. The number of nitrogens with zero attached hydrogens (tertiary/aromatic N) is 4. The molecule has 1 aliphatic rings. The first kappa shape index (κ1) is 20.5. The number of amides is 1. The van der Waals surface area contributed by atoms with E-state index in [2.05, 4.69) is 20.9 Å². The normalized spacial score (nSPS) is 14.3. The van der Waals surface area contributed by atoms with E-state index in [-0.39, 0.29) is 11.7 Å². The number of anilines is 1. The van der Waals surface area contributed by atoms with Crippen LogP contribution in [0.1, 0.15) is 6.92 Å². The van der Waals surface area contributed by atoms with Crippen LogP contribution >= 0.6 is 0 Å². The number of hydrogen-bond acceptors (Lipinski definition) is 6. The number of aromatic nitrogens is 2. The lowest BCUT2D eigenvalue weighted by Gasteiger charge is -2.36. The quantitative estimate of drug-likeness (QED) is 0.595. The molecule has 0 spiro atoms. The molecule has 158 valence electrons. The van der Waals surface area contributed by atoms with Crippen LogP contribution in [-0.4, -0.2) is 59.8 Å². The monoisotopic (exact) mass is 416 g/mol. The third-order valence-corrected chi connectivity index (χ3v) is 5.39. The van der Waals surface area contributed by atoms with Crippen LogP contribution in [0, 0.1) is 0 Å². The summed E-state index contributed by atoms with van der Waals surface area (Å²) >= 11 is 0. The van der Waals surface area contributed by atoms with Gasteiger partial charge in [-0.05, 0) is 42.8 Å². The summed E-state index contributed by atoms with van der Waals surface area (Å²) in [5.41, 5.74) is 4.08. The van der Waals surface area contributed by atoms with E-state index in [1.807, 2.05) is 36.5 Å². The zero-order valence-corrected chi connectivity index (χ0v) is 17.6. The summed E-state index contributed by atoms with van der Waals surface area (Å²) in [5.74, 6) is 0.333. The van der Waals surface area contributed by atoms with Crippen molar-refractivity contribution in [1.82, 2.24) is 14.9 Å². The van der Waals surface area contributed by atoms with Crippen molar-refractivity contribution >= 4 is 28.3 Å². The second-order valence-electron chi connectivity index (χ2n) is 7.41. The number of piperazine rings is 1. The molecule has 4 rings (SSSR count). The number of methoxy groups -OCH3 is 1. The Kier molecular flexibility index (Phi) is 5.93. The molecule has 3 aromatic rings. The molecule has 1 fully saturated rings. The minimum atomic E-state index is -0.127. The Balaban J connectivity index is 1.56. The maximum atomic E-state index is 12.2. The number of ketones is 1. The fourth-order valence-corrected chi connectivity index (χ4v) is 3.72. The Morgan fingerprint density at radius 3 is 2.42 bits per heavy atom. The summed E-state index contributed by atoms with van der Waals surface area (Å²) < 4.78 is 5.15. The summed E-state index contributed by atoms with van der Waals surface area (Å²) in [6.45, 7) is 4.08. The molecule has 1 aliphatic heterocycles. The third kappa shape index (κ3) is 4.55. The van der Waals surface area contributed by atoms with Crippen LogP contribution in [-0.2, 0) is 9.59 Å². The van der Waals surface area contributed by atoms with Gasteiger partial charge < -0.3 is 14.5 Å². The van der Waals surface area contributed by atoms with Crippen molar-refractivity contribution in [2.45, 2.75) is 6.92 Å². The molecule has 1 aromatic carbocycles. The fraction of sp³-hybridized carbons (Fsp3) is 0.250. The number of fused-ring (bicyclic) bond motifs is 1. The molecule has 31 heavy (non-hydrogen) atoms. The Bertz CT molecular complexity index is 1130. The second kappa shape index (κ2) is 8.95. The van der Waals surface area contributed by atoms with Crippen LogP contribution in [0.25, 0.3) is 22.0 Å². The Hall–Kier alpha value is -3.74. The molecule has 1 saturated heterocycles. The number of rotatable bonds is 5. The Morgan fingerprint density at radius 1 is 0.968 bits per heavy atom. The highest BCUT2D eigenvalue weighted by Crippen LogP contribution is 2.31. The number of hydrogen-bond donors (Lipinski definition) is 0. The summed E-state index contributed by atoms with van der Waals surface area (Å²) in [7, 11) is 1.60. The van der Waals surface area contributed by atoms with E-state index in [4.69, 9.17) is 4.74 Å². The van der Waals surface area contributed by atoms with Crippen molar-refractivity contribution in [2.24, 2.45) is 0 Å². The second-order valence-corrected chi connectivity index (χ2v) is 7.41. The molecule has 7 nitrogen and oxygen atoms in total. The number of benzene rings is 1. The average molecular weight is 416 g/mol. The van der Waals surface area contributed by atoms with E-state index in [1.165, 1.54) is 19.1 Å². The molecule has 0 atom stereocenters. The van der Waals surface area contributed by atoms with Crippen LogP contribution in [0.3, 0.4) is 0 Å². The minimum Gasteiger partial charge on any atom is -0.481 e. The van der Waals surface area contributed by atoms with Gasteiger partial charge in [0, 0.05) is 67.4 Å². The largest absolute Gasteiger partial charge is 0.481 e. The molecular weight excluding hydrogens is 392 g/mol. The van der Waals surface area contributed by atoms with Gasteiger partial charge in [-0.3, -0.25) is 14.6 Å². The van der Waals surface area contributed by atoms with Gasteiger partial charge >= 0.3 is 0 Å². The zero-order valence-electron chi connectivity index (χ0n) is 17.6. The number of carbonyl (C=O) groups excluding carboxylic acids is 2. The van der Waals surface area contributed by atoms with Gasteiger partial charge in [0.25, 0.3) is 0 Å². The maximum absolute atomic E-state index is 12.2. The number of ether oxygens (including phenoxy) is 1. The molecule has 0 saturated carbocycles. The highest BCUT2D eigenvalue weighted by Gasteiger charge is 2.21. The highest BCUT2D eigenvalue weighted by molar-refractivity contribution is 5.97. The number of carbonyl (C=O) groups is 2. The summed E-state index contributed by atoms with van der Waals surface area (Å²) in [5, 5.41) is 1.06. The first-order chi connectivity index (χ1) is 15.0. The van der Waals surface area contributed by atoms with Gasteiger partial charge in [-0.15, -0.1) is 0 Å². The lowest BCUT2D eigenvalue weighted by atomic mass is 10.0. The SMILES string of the molecule is COc1ccc(-c2ccc3nccc(N4CCN(C(=O)C=CC(C)=O)CC4)c3c2)cn1. The van der Waals surface area contributed by atoms with Crippen molar-refractivity contribution in [3.8, 4) is 17.0 Å². The van der Waals surface area contributed by atoms with Crippen molar-refractivity contribution in [3.63, 3.8) is 0 Å². The number of pyridine rings is 2. The maximum Gasteiger partial charge on any atom is 0.246 e. The molecule has 0 radical (unpaired) electrons. The van der Waals surface area contributed by atoms with E-state index in [0.29, 0.717) is 32.1 Å². The Morgan fingerprint density at radius 2 is 1.74 bits per heavy atom. The van der Waals surface area contributed by atoms with E-state index in [9.17, 15) is 9.59 Å². The van der Waals surface area contributed by atoms with Crippen molar-refractivity contribution in [3.05, 3.63) is 60.9 Å². The van der Waals surface area contributed by atoms with Gasteiger partial charge in [-0.25, -0.2) is 4.98 Å². The van der Waals surface area contributed by atoms with Gasteiger partial charge in [-0.1, -0.05) is 6.07 Å². The van der Waals surface area contributed by atoms with E-state index in [1.54, 1.807) is 18.2 Å². The predicted molar refractivity (Wildman–Crippen MR) is 120 cm³/mol. The zero-order chi connectivity index (χ0) is 21.8. The summed E-state index contributed by atoms with van der Waals surface area (Å²) in [4.78, 5) is 36.2. The van der Waals surface area contributed by atoms with Crippen LogP contribution in [0.15, 0.2) is 60.9 Å². The molecule has 0 bridgehead atoms. The van der Waals surface area contributed by atoms with E-state index < -0.39 is 0 Å². The van der Waals surface area contributed by atoms with Crippen molar-refractivity contribution in [2.75, 3.05) is 38.2 Å². The fourth-order valence-electron chi connectivity index (χ4n) is 3.72. The molecule has 2 aromatic heterocycles. The van der Waals surface area contributed by atoms with Crippen LogP contribution in [0.2, 0.25) is 0 Å². The van der Waals surface area contributed by atoms with Gasteiger partial charge in [-0.2, -0.15) is 0 Å². The molecule has 0 unspecified atom stereocenters. The molecule has 1 amide bonds. The van der Waals surface area contributed by atoms with Gasteiger partial charge in [0.1, 0.15) is 0 Å². The van der Waals surface area contributed by atoms with Gasteiger partial charge in [0.05, 0.1) is 12.6 Å². The third-order valence-electron chi connectivity index (χ3n) is 5.39. The van der Waals surface area contributed by atoms with Crippen molar-refractivity contribution < 1.29 is 14.3 Å². The van der Waals surface area contributed by atoms with Crippen LogP contribution in [0.4, 0.5) is 5.69 Å². The molecule has 3 heterocycles. The van der Waals surface area contributed by atoms with E-state index in [0.717, 1.165) is 27.7 Å². The van der Waals surface area contributed by atoms with Crippen LogP contribution < -0.4 is 9.64 Å². The topological polar surface area (TPSA) is 75.6 Å². The van der Waals surface area contributed by atoms with Crippen LogP contribution in [0.5, 0.6) is 5.88 Å². The first-order valence-electron chi connectivity index (χ1n) is 10.2. The average Bonchev–Trinajstić information content (AvgIpc) is 2.82. The standard InChI is InChI=1S/C24H24N4O3/c1-17(29)3-8-24(30)28-13-11-27(12-14-28)22-9-10-25-21-6-4-18(15-20(21)22)19-5-7-23(31-2)26-16-19/h3-10,15-16H,11-14H2,1-2H3. The van der Waals surface area contributed by atoms with Gasteiger partial charge in [0.15, 0.2) is 5.78 Å². The smallest absolute Gasteiger partial charge is 0.246 e. The summed E-state index contributed by atoms with van der Waals surface area (Å²) in [6, 6.07) is 12.0. The molecular formula is C24H24N4O3.